The molecule has 0 radical (unpaired) electrons. The van der Waals surface area contributed by atoms with Gasteiger partial charge in [-0.05, 0) is 19.1 Å². The molecule has 3 rings (SSSR count). The standard InChI is InChI=1S/C16H25N3O3/c1-12-8-13(17)9-14(18-12)15-10-19(4-7-22-15)11-16(20)2-5-21-6-3-16/h8-9,15,20H,2-7,10-11H2,1H3,(H2,17,18). The fraction of sp³-hybridized carbons (Fsp3) is 0.688. The topological polar surface area (TPSA) is 80.8 Å². The van der Waals surface area contributed by atoms with Crippen LogP contribution in [-0.4, -0.2) is 60.0 Å². The molecule has 2 saturated heterocycles. The van der Waals surface area contributed by atoms with E-state index in [0.29, 0.717) is 44.9 Å². The predicted octanol–water partition coefficient (Wildman–Crippen LogP) is 0.887. The smallest absolute Gasteiger partial charge is 0.112 e. The predicted molar refractivity (Wildman–Crippen MR) is 83.5 cm³/mol. The first-order valence-corrected chi connectivity index (χ1v) is 7.92. The number of ether oxygens (including phenoxy) is 2. The summed E-state index contributed by atoms with van der Waals surface area (Å²) in [6.45, 7) is 6.09. The Hall–Kier alpha value is -1.21. The fourth-order valence-corrected chi connectivity index (χ4v) is 3.24. The van der Waals surface area contributed by atoms with Crippen molar-refractivity contribution in [2.75, 3.05) is 45.2 Å². The average Bonchev–Trinajstić information content (AvgIpc) is 2.47. The van der Waals surface area contributed by atoms with Crippen molar-refractivity contribution in [1.82, 2.24) is 9.88 Å². The number of hydrogen-bond donors (Lipinski definition) is 2. The summed E-state index contributed by atoms with van der Waals surface area (Å²) in [5.74, 6) is 0. The number of nitrogens with zero attached hydrogens (tertiary/aromatic N) is 2. The van der Waals surface area contributed by atoms with Crippen molar-refractivity contribution in [3.8, 4) is 0 Å². The van der Waals surface area contributed by atoms with Crippen LogP contribution in [-0.2, 0) is 9.47 Å². The number of hydrogen-bond acceptors (Lipinski definition) is 6. The minimum atomic E-state index is -0.640. The van der Waals surface area contributed by atoms with Crippen molar-refractivity contribution in [3.63, 3.8) is 0 Å². The highest BCUT2D eigenvalue weighted by Gasteiger charge is 2.34. The first-order chi connectivity index (χ1) is 10.5. The van der Waals surface area contributed by atoms with E-state index in [0.717, 1.165) is 24.5 Å². The van der Waals surface area contributed by atoms with Gasteiger partial charge >= 0.3 is 0 Å². The van der Waals surface area contributed by atoms with Crippen LogP contribution in [0.15, 0.2) is 12.1 Å². The van der Waals surface area contributed by atoms with Gasteiger partial charge in [-0.15, -0.1) is 0 Å². The Bertz CT molecular complexity index is 497. The number of pyridine rings is 1. The summed E-state index contributed by atoms with van der Waals surface area (Å²) < 4.78 is 11.2. The zero-order valence-electron chi connectivity index (χ0n) is 13.1. The van der Waals surface area contributed by atoms with Gasteiger partial charge in [0.1, 0.15) is 6.10 Å². The Morgan fingerprint density at radius 3 is 2.86 bits per heavy atom. The zero-order chi connectivity index (χ0) is 15.6. The molecule has 122 valence electrons. The van der Waals surface area contributed by atoms with Crippen molar-refractivity contribution < 1.29 is 14.6 Å². The van der Waals surface area contributed by atoms with Crippen molar-refractivity contribution >= 4 is 5.69 Å². The van der Waals surface area contributed by atoms with E-state index in [1.165, 1.54) is 0 Å². The summed E-state index contributed by atoms with van der Waals surface area (Å²) in [6.07, 6.45) is 1.31. The van der Waals surface area contributed by atoms with E-state index in [9.17, 15) is 5.11 Å². The molecule has 6 nitrogen and oxygen atoms in total. The molecule has 0 saturated carbocycles. The molecule has 1 unspecified atom stereocenters. The molecule has 22 heavy (non-hydrogen) atoms. The number of morpholine rings is 1. The van der Waals surface area contributed by atoms with Gasteiger partial charge in [-0.2, -0.15) is 0 Å². The van der Waals surface area contributed by atoms with E-state index in [1.54, 1.807) is 0 Å². The van der Waals surface area contributed by atoms with E-state index in [4.69, 9.17) is 15.2 Å². The van der Waals surface area contributed by atoms with Crippen LogP contribution in [0, 0.1) is 6.92 Å². The molecule has 3 heterocycles. The molecule has 1 aromatic rings. The number of anilines is 1. The normalized spacial score (nSPS) is 26.0. The molecule has 1 atom stereocenters. The lowest BCUT2D eigenvalue weighted by Crippen LogP contribution is -2.50. The Morgan fingerprint density at radius 2 is 2.14 bits per heavy atom. The molecular weight excluding hydrogens is 282 g/mol. The van der Waals surface area contributed by atoms with Gasteiger partial charge in [-0.25, -0.2) is 0 Å². The third kappa shape index (κ3) is 3.76. The molecule has 0 aromatic carbocycles. The van der Waals surface area contributed by atoms with Crippen LogP contribution in [0.4, 0.5) is 5.69 Å². The molecular formula is C16H25N3O3. The van der Waals surface area contributed by atoms with Gasteiger partial charge in [0.2, 0.25) is 0 Å². The second-order valence-corrected chi connectivity index (χ2v) is 6.40. The van der Waals surface area contributed by atoms with Crippen molar-refractivity contribution in [1.29, 1.82) is 0 Å². The lowest BCUT2D eigenvalue weighted by atomic mass is 9.93. The monoisotopic (exact) mass is 307 g/mol. The van der Waals surface area contributed by atoms with Crippen LogP contribution >= 0.6 is 0 Å². The van der Waals surface area contributed by atoms with E-state index >= 15 is 0 Å². The van der Waals surface area contributed by atoms with Gasteiger partial charge in [-0.3, -0.25) is 9.88 Å². The van der Waals surface area contributed by atoms with E-state index < -0.39 is 5.60 Å². The van der Waals surface area contributed by atoms with Gasteiger partial charge in [-0.1, -0.05) is 0 Å². The van der Waals surface area contributed by atoms with Gasteiger partial charge < -0.3 is 20.3 Å². The first-order valence-electron chi connectivity index (χ1n) is 7.92. The maximum atomic E-state index is 10.7. The average molecular weight is 307 g/mol. The molecule has 3 N–H and O–H groups in total. The SMILES string of the molecule is Cc1cc(N)cc(C2CN(CC3(O)CCOCC3)CCO2)n1. The molecule has 0 spiro atoms. The summed E-state index contributed by atoms with van der Waals surface area (Å²) in [4.78, 5) is 6.81. The van der Waals surface area contributed by atoms with Crippen LogP contribution in [0.2, 0.25) is 0 Å². The van der Waals surface area contributed by atoms with Gasteiger partial charge in [0, 0.05) is 57.1 Å². The number of nitrogens with two attached hydrogens (primary N) is 1. The van der Waals surface area contributed by atoms with Crippen LogP contribution in [0.1, 0.15) is 30.3 Å². The molecule has 2 fully saturated rings. The van der Waals surface area contributed by atoms with E-state index in [-0.39, 0.29) is 6.10 Å². The molecule has 6 heteroatoms. The molecule has 2 aliphatic rings. The van der Waals surface area contributed by atoms with Crippen LogP contribution in [0.25, 0.3) is 0 Å². The largest absolute Gasteiger partial charge is 0.399 e. The Balaban J connectivity index is 1.66. The second kappa shape index (κ2) is 6.50. The number of β-amino-alcohol motifs (C(OH)–C–C–N with tert-alkyl or cyclic N) is 1. The van der Waals surface area contributed by atoms with Crippen molar-refractivity contribution in [3.05, 3.63) is 23.5 Å². The molecule has 1 aromatic heterocycles. The number of aryl methyl sites for hydroxylation is 1. The molecule has 2 aliphatic heterocycles. The fourth-order valence-electron chi connectivity index (χ4n) is 3.24. The van der Waals surface area contributed by atoms with Crippen LogP contribution in [0.3, 0.4) is 0 Å². The number of aliphatic hydroxyl groups is 1. The van der Waals surface area contributed by atoms with Gasteiger partial charge in [0.05, 0.1) is 17.9 Å². The Kier molecular flexibility index (Phi) is 4.63. The molecule has 0 aliphatic carbocycles. The number of aromatic nitrogens is 1. The summed E-state index contributed by atoms with van der Waals surface area (Å²) in [7, 11) is 0. The third-order valence-electron chi connectivity index (χ3n) is 4.42. The minimum Gasteiger partial charge on any atom is -0.399 e. The van der Waals surface area contributed by atoms with Gasteiger partial charge in [0.25, 0.3) is 0 Å². The maximum Gasteiger partial charge on any atom is 0.112 e. The Labute approximate surface area is 131 Å². The third-order valence-corrected chi connectivity index (χ3v) is 4.42. The first kappa shape index (κ1) is 15.7. The summed E-state index contributed by atoms with van der Waals surface area (Å²) in [5.41, 5.74) is 7.76. The molecule has 0 amide bonds. The summed E-state index contributed by atoms with van der Waals surface area (Å²) in [6, 6.07) is 3.74. The van der Waals surface area contributed by atoms with Crippen molar-refractivity contribution in [2.24, 2.45) is 0 Å². The highest BCUT2D eigenvalue weighted by molar-refractivity contribution is 5.40. The quantitative estimate of drug-likeness (QED) is 0.863. The van der Waals surface area contributed by atoms with Crippen LogP contribution < -0.4 is 5.73 Å². The summed E-state index contributed by atoms with van der Waals surface area (Å²) >= 11 is 0. The van der Waals surface area contributed by atoms with Crippen molar-refractivity contribution in [2.45, 2.75) is 31.5 Å². The molecule has 0 bridgehead atoms. The highest BCUT2D eigenvalue weighted by atomic mass is 16.5. The summed E-state index contributed by atoms with van der Waals surface area (Å²) in [5, 5.41) is 10.7. The maximum absolute atomic E-state index is 10.7. The lowest BCUT2D eigenvalue weighted by molar-refractivity contribution is -0.103. The lowest BCUT2D eigenvalue weighted by Gasteiger charge is -2.40. The number of rotatable bonds is 3. The number of nitrogen functional groups attached to an aromatic ring is 1. The van der Waals surface area contributed by atoms with E-state index in [2.05, 4.69) is 9.88 Å². The zero-order valence-corrected chi connectivity index (χ0v) is 13.1. The van der Waals surface area contributed by atoms with Gasteiger partial charge in [0.15, 0.2) is 0 Å². The second-order valence-electron chi connectivity index (χ2n) is 6.40. The Morgan fingerprint density at radius 1 is 1.36 bits per heavy atom. The van der Waals surface area contributed by atoms with Crippen LogP contribution in [0.5, 0.6) is 0 Å². The highest BCUT2D eigenvalue weighted by Crippen LogP contribution is 2.27. The van der Waals surface area contributed by atoms with E-state index in [1.807, 2.05) is 19.1 Å². The minimum absolute atomic E-state index is 0.0839.